The predicted molar refractivity (Wildman–Crippen MR) is 84.7 cm³/mol. The molecule has 0 fully saturated rings. The second-order valence-electron chi connectivity index (χ2n) is 4.76. The Kier molecular flexibility index (Phi) is 4.78. The quantitative estimate of drug-likeness (QED) is 0.598. The van der Waals surface area contributed by atoms with Gasteiger partial charge in [0, 0.05) is 0 Å². The van der Waals surface area contributed by atoms with E-state index >= 15 is 0 Å². The molecule has 0 saturated heterocycles. The molecule has 0 aromatic heterocycles. The summed E-state index contributed by atoms with van der Waals surface area (Å²) in [5.74, 6) is 0. The lowest BCUT2D eigenvalue weighted by Gasteiger charge is -2.12. The van der Waals surface area contributed by atoms with E-state index in [0.29, 0.717) is 10.0 Å². The number of halogens is 3. The highest BCUT2D eigenvalue weighted by atomic mass is 35.5. The minimum atomic E-state index is -0.0588. The van der Waals surface area contributed by atoms with E-state index in [1.165, 1.54) is 11.1 Å². The Morgan fingerprint density at radius 1 is 0.895 bits per heavy atom. The fourth-order valence-corrected chi connectivity index (χ4v) is 2.59. The average molecular weight is 314 g/mol. The maximum atomic E-state index is 6.48. The van der Waals surface area contributed by atoms with Gasteiger partial charge in [0.25, 0.3) is 0 Å². The van der Waals surface area contributed by atoms with Crippen molar-refractivity contribution in [3.63, 3.8) is 0 Å². The van der Waals surface area contributed by atoms with E-state index in [4.69, 9.17) is 34.8 Å². The molecule has 0 nitrogen and oxygen atoms in total. The lowest BCUT2D eigenvalue weighted by atomic mass is 10.00. The molecule has 0 heterocycles. The Labute approximate surface area is 129 Å². The van der Waals surface area contributed by atoms with Gasteiger partial charge in [0.1, 0.15) is 0 Å². The Bertz CT molecular complexity index is 591. The summed E-state index contributed by atoms with van der Waals surface area (Å²) in [5.41, 5.74) is 4.77. The molecule has 100 valence electrons. The normalized spacial score (nSPS) is 12.5. The highest BCUT2D eigenvalue weighted by Gasteiger charge is 2.11. The molecule has 0 aliphatic rings. The minimum Gasteiger partial charge on any atom is -0.117 e. The van der Waals surface area contributed by atoms with Gasteiger partial charge < -0.3 is 0 Å². The van der Waals surface area contributed by atoms with E-state index < -0.39 is 0 Å². The van der Waals surface area contributed by atoms with Crippen LogP contribution in [-0.4, -0.2) is 0 Å². The van der Waals surface area contributed by atoms with Gasteiger partial charge in [-0.2, -0.15) is 0 Å². The zero-order chi connectivity index (χ0) is 14.0. The van der Waals surface area contributed by atoms with Gasteiger partial charge in [0.15, 0.2) is 0 Å². The highest BCUT2D eigenvalue weighted by molar-refractivity contribution is 6.42. The number of hydrogen-bond donors (Lipinski definition) is 0. The summed E-state index contributed by atoms with van der Waals surface area (Å²) in [6.45, 7) is 4.20. The van der Waals surface area contributed by atoms with Crippen LogP contribution in [0.4, 0.5) is 0 Å². The van der Waals surface area contributed by atoms with Crippen LogP contribution in [0.15, 0.2) is 36.4 Å². The molecule has 1 atom stereocenters. The molecule has 0 spiro atoms. The standard InChI is InChI=1S/C16H15Cl3/c1-10-3-5-13(7-11(10)2)15(18)8-12-4-6-14(17)16(19)9-12/h3-7,9,15H,8H2,1-2H3. The van der Waals surface area contributed by atoms with Gasteiger partial charge in [-0.05, 0) is 54.7 Å². The molecule has 0 bridgehead atoms. The summed E-state index contributed by atoms with van der Waals surface area (Å²) in [6, 6.07) is 12.0. The first-order chi connectivity index (χ1) is 8.97. The van der Waals surface area contributed by atoms with Crippen LogP contribution in [0.3, 0.4) is 0 Å². The van der Waals surface area contributed by atoms with E-state index in [0.717, 1.165) is 17.5 Å². The first-order valence-electron chi connectivity index (χ1n) is 6.12. The maximum absolute atomic E-state index is 6.48. The smallest absolute Gasteiger partial charge is 0.0625 e. The summed E-state index contributed by atoms with van der Waals surface area (Å²) in [5, 5.41) is 1.09. The van der Waals surface area contributed by atoms with E-state index in [-0.39, 0.29) is 5.38 Å². The third-order valence-electron chi connectivity index (χ3n) is 3.29. The first kappa shape index (κ1) is 14.7. The van der Waals surface area contributed by atoms with Crippen LogP contribution < -0.4 is 0 Å². The largest absolute Gasteiger partial charge is 0.117 e. The van der Waals surface area contributed by atoms with Crippen molar-refractivity contribution in [2.45, 2.75) is 25.6 Å². The molecular weight excluding hydrogens is 299 g/mol. The number of alkyl halides is 1. The molecule has 2 aromatic carbocycles. The molecule has 0 amide bonds. The van der Waals surface area contributed by atoms with E-state index in [9.17, 15) is 0 Å². The number of benzene rings is 2. The number of aryl methyl sites for hydroxylation is 2. The summed E-state index contributed by atoms with van der Waals surface area (Å²) in [6.07, 6.45) is 0.737. The lowest BCUT2D eigenvalue weighted by molar-refractivity contribution is 0.917. The Hall–Kier alpha value is -0.690. The first-order valence-corrected chi connectivity index (χ1v) is 7.32. The van der Waals surface area contributed by atoms with Crippen LogP contribution in [0.1, 0.15) is 27.6 Å². The van der Waals surface area contributed by atoms with Crippen LogP contribution in [0.25, 0.3) is 0 Å². The molecule has 0 radical (unpaired) electrons. The SMILES string of the molecule is Cc1ccc(C(Cl)Cc2ccc(Cl)c(Cl)c2)cc1C. The zero-order valence-corrected chi connectivity index (χ0v) is 13.2. The molecule has 19 heavy (non-hydrogen) atoms. The van der Waals surface area contributed by atoms with E-state index in [1.807, 2.05) is 18.2 Å². The van der Waals surface area contributed by atoms with Crippen LogP contribution in [0.2, 0.25) is 10.0 Å². The molecule has 0 aliphatic heterocycles. The fourth-order valence-electron chi connectivity index (χ4n) is 1.95. The van der Waals surface area contributed by atoms with Crippen LogP contribution >= 0.6 is 34.8 Å². The van der Waals surface area contributed by atoms with Crippen LogP contribution in [0.5, 0.6) is 0 Å². The van der Waals surface area contributed by atoms with Crippen molar-refractivity contribution >= 4 is 34.8 Å². The van der Waals surface area contributed by atoms with Crippen molar-refractivity contribution in [2.75, 3.05) is 0 Å². The van der Waals surface area contributed by atoms with E-state index in [1.54, 1.807) is 0 Å². The lowest BCUT2D eigenvalue weighted by Crippen LogP contribution is -1.97. The summed E-state index contributed by atoms with van der Waals surface area (Å²) < 4.78 is 0. The number of rotatable bonds is 3. The predicted octanol–water partition coefficient (Wildman–Crippen LogP) is 6.13. The Morgan fingerprint density at radius 2 is 1.63 bits per heavy atom. The second kappa shape index (κ2) is 6.17. The molecule has 1 unspecified atom stereocenters. The Balaban J connectivity index is 2.17. The van der Waals surface area contributed by atoms with Crippen molar-refractivity contribution in [3.05, 3.63) is 68.7 Å². The summed E-state index contributed by atoms with van der Waals surface area (Å²) >= 11 is 18.4. The molecule has 2 rings (SSSR count). The van der Waals surface area contributed by atoms with Gasteiger partial charge in [-0.3, -0.25) is 0 Å². The zero-order valence-electron chi connectivity index (χ0n) is 10.9. The van der Waals surface area contributed by atoms with Gasteiger partial charge in [0.05, 0.1) is 15.4 Å². The third kappa shape index (κ3) is 3.66. The fraction of sp³-hybridized carbons (Fsp3) is 0.250. The van der Waals surface area contributed by atoms with Crippen molar-refractivity contribution in [1.82, 2.24) is 0 Å². The average Bonchev–Trinajstić information content (AvgIpc) is 2.37. The third-order valence-corrected chi connectivity index (χ3v) is 4.44. The Morgan fingerprint density at radius 3 is 2.26 bits per heavy atom. The van der Waals surface area contributed by atoms with Gasteiger partial charge in [-0.25, -0.2) is 0 Å². The molecule has 0 N–H and O–H groups in total. The molecule has 0 saturated carbocycles. The maximum Gasteiger partial charge on any atom is 0.0625 e. The van der Waals surface area contributed by atoms with Crippen molar-refractivity contribution in [3.8, 4) is 0 Å². The topological polar surface area (TPSA) is 0 Å². The monoisotopic (exact) mass is 312 g/mol. The van der Waals surface area contributed by atoms with Crippen molar-refractivity contribution < 1.29 is 0 Å². The van der Waals surface area contributed by atoms with E-state index in [2.05, 4.69) is 32.0 Å². The molecule has 2 aromatic rings. The van der Waals surface area contributed by atoms with Crippen LogP contribution in [0, 0.1) is 13.8 Å². The summed E-state index contributed by atoms with van der Waals surface area (Å²) in [4.78, 5) is 0. The number of hydrogen-bond acceptors (Lipinski definition) is 0. The van der Waals surface area contributed by atoms with Gasteiger partial charge in [-0.1, -0.05) is 47.5 Å². The minimum absolute atomic E-state index is 0.0588. The highest BCUT2D eigenvalue weighted by Crippen LogP contribution is 2.29. The van der Waals surface area contributed by atoms with Gasteiger partial charge in [0.2, 0.25) is 0 Å². The van der Waals surface area contributed by atoms with Crippen LogP contribution in [-0.2, 0) is 6.42 Å². The van der Waals surface area contributed by atoms with Gasteiger partial charge in [-0.15, -0.1) is 11.6 Å². The van der Waals surface area contributed by atoms with Crippen molar-refractivity contribution in [1.29, 1.82) is 0 Å². The summed E-state index contributed by atoms with van der Waals surface area (Å²) in [7, 11) is 0. The molecule has 0 aliphatic carbocycles. The molecule has 3 heteroatoms. The second-order valence-corrected chi connectivity index (χ2v) is 6.11. The van der Waals surface area contributed by atoms with Gasteiger partial charge >= 0.3 is 0 Å². The van der Waals surface area contributed by atoms with Crippen molar-refractivity contribution in [2.24, 2.45) is 0 Å². The molecular formula is C16H15Cl3.